The number of carbonyl (C=O) groups is 1. The van der Waals surface area contributed by atoms with Crippen LogP contribution in [-0.4, -0.2) is 30.5 Å². The van der Waals surface area contributed by atoms with Crippen LogP contribution >= 0.6 is 11.3 Å². The van der Waals surface area contributed by atoms with Crippen molar-refractivity contribution in [2.75, 3.05) is 19.6 Å². The molecule has 5 rings (SSSR count). The van der Waals surface area contributed by atoms with Crippen LogP contribution in [0.4, 0.5) is 26.3 Å². The van der Waals surface area contributed by atoms with E-state index in [1.807, 2.05) is 16.8 Å². The van der Waals surface area contributed by atoms with Crippen LogP contribution in [0.5, 0.6) is 0 Å². The molecule has 2 aliphatic rings. The molecular weight excluding hydrogens is 552 g/mol. The van der Waals surface area contributed by atoms with Crippen molar-refractivity contribution in [3.05, 3.63) is 98.7 Å². The van der Waals surface area contributed by atoms with Crippen molar-refractivity contribution in [3.63, 3.8) is 0 Å². The Kier molecular flexibility index (Phi) is 7.85. The quantitative estimate of drug-likeness (QED) is 0.210. The van der Waals surface area contributed by atoms with Gasteiger partial charge in [0.2, 0.25) is 0 Å². The number of nitrogens with zero attached hydrogens (tertiary/aromatic N) is 1. The number of fused-ring (bicyclic) bond motifs is 2. The normalized spacial score (nSPS) is 17.6. The molecule has 1 spiro atoms. The molecule has 2 heterocycles. The molecule has 40 heavy (non-hydrogen) atoms. The van der Waals surface area contributed by atoms with E-state index in [2.05, 4.69) is 35.3 Å². The van der Waals surface area contributed by atoms with E-state index in [9.17, 15) is 31.1 Å². The number of allylic oxidation sites excluding steroid dienone is 1. The fourth-order valence-electron chi connectivity index (χ4n) is 5.61. The van der Waals surface area contributed by atoms with Crippen molar-refractivity contribution >= 4 is 23.4 Å². The second-order valence-corrected chi connectivity index (χ2v) is 11.1. The Hall–Kier alpha value is -3.11. The summed E-state index contributed by atoms with van der Waals surface area (Å²) >= 11 is 1.40. The van der Waals surface area contributed by atoms with Gasteiger partial charge in [-0.15, -0.1) is 0 Å². The zero-order valence-corrected chi connectivity index (χ0v) is 22.2. The van der Waals surface area contributed by atoms with Crippen molar-refractivity contribution in [2.24, 2.45) is 0 Å². The van der Waals surface area contributed by atoms with Gasteiger partial charge in [0.05, 0.1) is 17.0 Å². The fourth-order valence-corrected chi connectivity index (χ4v) is 6.32. The molecule has 1 aliphatic carbocycles. The van der Waals surface area contributed by atoms with E-state index < -0.39 is 42.0 Å². The maximum Gasteiger partial charge on any atom is 0.416 e. The monoisotopic (exact) mass is 579 g/mol. The van der Waals surface area contributed by atoms with E-state index >= 15 is 0 Å². The molecule has 3 nitrogen and oxygen atoms in total. The van der Waals surface area contributed by atoms with E-state index in [-0.39, 0.29) is 17.0 Å². The van der Waals surface area contributed by atoms with Crippen molar-refractivity contribution in [2.45, 2.75) is 49.6 Å². The highest BCUT2D eigenvalue weighted by Crippen LogP contribution is 2.44. The van der Waals surface area contributed by atoms with Gasteiger partial charge in [-0.2, -0.15) is 37.7 Å². The molecule has 0 radical (unpaired) electrons. The third-order valence-electron chi connectivity index (χ3n) is 7.82. The molecule has 2 aromatic carbocycles. The van der Waals surface area contributed by atoms with Gasteiger partial charge in [0.1, 0.15) is 6.61 Å². The van der Waals surface area contributed by atoms with Crippen molar-refractivity contribution in [1.29, 1.82) is 0 Å². The summed E-state index contributed by atoms with van der Waals surface area (Å²) in [7, 11) is 0. The summed E-state index contributed by atoms with van der Waals surface area (Å²) in [6.07, 6.45) is -3.15. The molecule has 1 atom stereocenters. The Morgan fingerprint density at radius 1 is 0.975 bits per heavy atom. The lowest BCUT2D eigenvalue weighted by Gasteiger charge is -2.39. The Morgan fingerprint density at radius 2 is 1.65 bits per heavy atom. The number of hydrogen-bond acceptors (Lipinski definition) is 4. The third kappa shape index (κ3) is 6.12. The first kappa shape index (κ1) is 28.4. The van der Waals surface area contributed by atoms with Gasteiger partial charge in [0, 0.05) is 5.41 Å². The van der Waals surface area contributed by atoms with Crippen LogP contribution in [0.1, 0.15) is 58.6 Å². The van der Waals surface area contributed by atoms with Gasteiger partial charge in [-0.1, -0.05) is 36.4 Å². The fraction of sp³-hybridized carbons (Fsp3) is 0.367. The molecule has 1 fully saturated rings. The highest BCUT2D eigenvalue weighted by Gasteiger charge is 2.39. The van der Waals surface area contributed by atoms with E-state index in [0.29, 0.717) is 25.1 Å². The Balaban J connectivity index is 1.23. The molecule has 10 heteroatoms. The second kappa shape index (κ2) is 11.0. The van der Waals surface area contributed by atoms with Gasteiger partial charge >= 0.3 is 18.3 Å². The van der Waals surface area contributed by atoms with Gasteiger partial charge in [-0.05, 0) is 96.2 Å². The molecule has 1 unspecified atom stereocenters. The number of carbonyl (C=O) groups excluding carboxylic acids is 1. The summed E-state index contributed by atoms with van der Waals surface area (Å²) < 4.78 is 84.6. The number of halogens is 6. The highest BCUT2D eigenvalue weighted by atomic mass is 32.1. The minimum Gasteiger partial charge on any atom is -0.460 e. The number of hydrogen-bond donors (Lipinski definition) is 0. The van der Waals surface area contributed by atoms with Crippen LogP contribution in [0.25, 0.3) is 6.08 Å². The van der Waals surface area contributed by atoms with Crippen LogP contribution in [0.15, 0.2) is 65.4 Å². The average molecular weight is 580 g/mol. The summed E-state index contributed by atoms with van der Waals surface area (Å²) in [5.74, 6) is -1.35. The smallest absolute Gasteiger partial charge is 0.416 e. The Morgan fingerprint density at radius 3 is 2.27 bits per heavy atom. The van der Waals surface area contributed by atoms with Crippen molar-refractivity contribution in [1.82, 2.24) is 4.90 Å². The predicted molar refractivity (Wildman–Crippen MR) is 141 cm³/mol. The number of benzene rings is 2. The SMILES string of the molecule is O=C(OCc1cc(C(F)(F)F)cc(C(F)(F)F)c1)C(CCN1CCC2(C=Cc3ccccc32)CC1)c1ccsc1. The summed E-state index contributed by atoms with van der Waals surface area (Å²) in [5, 5.41) is 3.62. The zero-order chi connectivity index (χ0) is 28.5. The molecule has 3 aromatic rings. The lowest BCUT2D eigenvalue weighted by atomic mass is 9.74. The molecule has 0 N–H and O–H groups in total. The van der Waals surface area contributed by atoms with Crippen molar-refractivity contribution in [3.8, 4) is 0 Å². The van der Waals surface area contributed by atoms with E-state index in [4.69, 9.17) is 4.74 Å². The largest absolute Gasteiger partial charge is 0.460 e. The second-order valence-electron chi connectivity index (χ2n) is 10.3. The number of piperidine rings is 1. The van der Waals surface area contributed by atoms with Gasteiger partial charge in [-0.25, -0.2) is 0 Å². The molecule has 1 aromatic heterocycles. The number of ether oxygens (including phenoxy) is 1. The lowest BCUT2D eigenvalue weighted by molar-refractivity contribution is -0.147. The first-order chi connectivity index (χ1) is 18.9. The van der Waals surface area contributed by atoms with Crippen LogP contribution in [0.2, 0.25) is 0 Å². The van der Waals surface area contributed by atoms with Crippen LogP contribution in [0, 0.1) is 0 Å². The number of likely N-dealkylation sites (tertiary alicyclic amines) is 1. The average Bonchev–Trinajstić information content (AvgIpc) is 3.57. The molecule has 0 bridgehead atoms. The Labute approximate surface area is 232 Å². The van der Waals surface area contributed by atoms with Crippen molar-refractivity contribution < 1.29 is 35.9 Å². The van der Waals surface area contributed by atoms with Crippen LogP contribution < -0.4 is 0 Å². The van der Waals surface area contributed by atoms with E-state index in [1.54, 1.807) is 6.07 Å². The van der Waals surface area contributed by atoms with Gasteiger partial charge in [0.25, 0.3) is 0 Å². The van der Waals surface area contributed by atoms with E-state index in [0.717, 1.165) is 31.5 Å². The van der Waals surface area contributed by atoms with Gasteiger partial charge in [-0.3, -0.25) is 4.79 Å². The number of thiophene rings is 1. The summed E-state index contributed by atoms with van der Waals surface area (Å²) in [6.45, 7) is 1.60. The summed E-state index contributed by atoms with van der Waals surface area (Å²) in [4.78, 5) is 15.4. The molecule has 1 saturated heterocycles. The molecule has 0 saturated carbocycles. The minimum absolute atomic E-state index is 0.0268. The maximum atomic E-state index is 13.2. The maximum absolute atomic E-state index is 13.2. The molecule has 1 aliphatic heterocycles. The van der Waals surface area contributed by atoms with Gasteiger partial charge < -0.3 is 9.64 Å². The number of alkyl halides is 6. The van der Waals surface area contributed by atoms with Crippen LogP contribution in [0.3, 0.4) is 0 Å². The predicted octanol–water partition coefficient (Wildman–Crippen LogP) is 8.06. The third-order valence-corrected chi connectivity index (χ3v) is 8.52. The first-order valence-electron chi connectivity index (χ1n) is 12.9. The molecule has 212 valence electrons. The first-order valence-corrected chi connectivity index (χ1v) is 13.9. The minimum atomic E-state index is -4.97. The number of rotatable bonds is 7. The summed E-state index contributed by atoms with van der Waals surface area (Å²) in [6, 6.07) is 11.4. The number of esters is 1. The lowest BCUT2D eigenvalue weighted by Crippen LogP contribution is -2.41. The molecule has 0 amide bonds. The standard InChI is InChI=1S/C30H27F6NO2S/c31-29(32,33)23-15-20(16-24(17-23)30(34,35)36)18-39-27(38)25(22-7-14-40-19-22)6-11-37-12-9-28(10-13-37)8-5-21-3-1-2-4-26(21)28/h1-5,7-8,14-17,19,25H,6,9-13,18H2. The Bertz CT molecular complexity index is 1340. The highest BCUT2D eigenvalue weighted by molar-refractivity contribution is 7.08. The zero-order valence-electron chi connectivity index (χ0n) is 21.4. The molecular formula is C30H27F6NO2S. The summed E-state index contributed by atoms with van der Waals surface area (Å²) in [5.41, 5.74) is 0.0913. The van der Waals surface area contributed by atoms with Gasteiger partial charge in [0.15, 0.2) is 0 Å². The van der Waals surface area contributed by atoms with E-state index in [1.165, 1.54) is 22.5 Å². The topological polar surface area (TPSA) is 29.5 Å². The van der Waals surface area contributed by atoms with Crippen LogP contribution in [-0.2, 0) is 33.9 Å².